The fraction of sp³-hybridized carbons (Fsp3) is 0.158. The maximum atomic E-state index is 13.3. The highest BCUT2D eigenvalue weighted by molar-refractivity contribution is 7.89. The van der Waals surface area contributed by atoms with Gasteiger partial charge in [-0.2, -0.15) is 4.31 Å². The minimum Gasteiger partial charge on any atom is -0.348 e. The molecule has 2 aromatic carbocycles. The van der Waals surface area contributed by atoms with Gasteiger partial charge in [0, 0.05) is 37.1 Å². The Kier molecular flexibility index (Phi) is 4.29. The van der Waals surface area contributed by atoms with Gasteiger partial charge in [0.15, 0.2) is 0 Å². The van der Waals surface area contributed by atoms with E-state index in [1.54, 1.807) is 0 Å². The highest BCUT2D eigenvalue weighted by Crippen LogP contribution is 2.36. The van der Waals surface area contributed by atoms with E-state index in [1.807, 2.05) is 48.7 Å². The predicted molar refractivity (Wildman–Crippen MR) is 99.7 cm³/mol. The third kappa shape index (κ3) is 3.02. The number of nitro benzene ring substituents is 1. The second-order valence-corrected chi connectivity index (χ2v) is 8.20. The lowest BCUT2D eigenvalue weighted by Gasteiger charge is -2.36. The molecule has 2 heterocycles. The Labute approximate surface area is 156 Å². The fourth-order valence-electron chi connectivity index (χ4n) is 3.47. The first-order chi connectivity index (χ1) is 13.0. The van der Waals surface area contributed by atoms with Gasteiger partial charge in [-0.1, -0.05) is 30.3 Å². The zero-order valence-electron chi connectivity index (χ0n) is 14.3. The van der Waals surface area contributed by atoms with Crippen LogP contribution in [0.5, 0.6) is 0 Å². The van der Waals surface area contributed by atoms with Crippen molar-refractivity contribution in [2.45, 2.75) is 17.5 Å². The average molecular weight is 383 g/mol. The number of benzene rings is 2. The first-order valence-corrected chi connectivity index (χ1v) is 9.89. The van der Waals surface area contributed by atoms with Crippen molar-refractivity contribution < 1.29 is 13.3 Å². The molecule has 1 atom stereocenters. The van der Waals surface area contributed by atoms with Gasteiger partial charge in [0.05, 0.1) is 15.9 Å². The second kappa shape index (κ2) is 6.64. The van der Waals surface area contributed by atoms with E-state index in [0.717, 1.165) is 11.3 Å². The van der Waals surface area contributed by atoms with Gasteiger partial charge in [-0.15, -0.1) is 0 Å². The van der Waals surface area contributed by atoms with E-state index in [1.165, 1.54) is 28.6 Å². The molecule has 1 aliphatic rings. The molecule has 4 rings (SSSR count). The maximum Gasteiger partial charge on any atom is 0.269 e. The predicted octanol–water partition coefficient (Wildman–Crippen LogP) is 3.19. The summed E-state index contributed by atoms with van der Waals surface area (Å²) in [5.41, 5.74) is 1.64. The number of sulfonamides is 1. The third-order valence-electron chi connectivity index (χ3n) is 4.76. The number of non-ortho nitro benzene ring substituents is 1. The molecular weight excluding hydrogens is 366 g/mol. The van der Waals surface area contributed by atoms with Crippen LogP contribution in [0.1, 0.15) is 17.3 Å². The summed E-state index contributed by atoms with van der Waals surface area (Å²) in [7, 11) is -3.83. The minimum atomic E-state index is -3.83. The van der Waals surface area contributed by atoms with Gasteiger partial charge in [0.2, 0.25) is 10.0 Å². The average Bonchev–Trinajstić information content (AvgIpc) is 3.16. The Hall–Kier alpha value is -2.97. The van der Waals surface area contributed by atoms with Crippen molar-refractivity contribution in [3.8, 4) is 0 Å². The number of nitrogens with zero attached hydrogens (tertiary/aromatic N) is 3. The molecule has 0 saturated carbocycles. The lowest BCUT2D eigenvalue weighted by Crippen LogP contribution is -2.42. The van der Waals surface area contributed by atoms with Gasteiger partial charge >= 0.3 is 0 Å². The molecule has 1 aliphatic heterocycles. The Morgan fingerprint density at radius 1 is 0.926 bits per heavy atom. The summed E-state index contributed by atoms with van der Waals surface area (Å²) >= 11 is 0. The van der Waals surface area contributed by atoms with Crippen LogP contribution in [0, 0.1) is 10.1 Å². The molecule has 138 valence electrons. The number of nitro groups is 1. The van der Waals surface area contributed by atoms with Crippen LogP contribution in [0.25, 0.3) is 0 Å². The van der Waals surface area contributed by atoms with Crippen molar-refractivity contribution in [3.63, 3.8) is 0 Å². The molecule has 8 heteroatoms. The third-order valence-corrected chi connectivity index (χ3v) is 6.64. The topological polar surface area (TPSA) is 85.4 Å². The van der Waals surface area contributed by atoms with Crippen LogP contribution in [0.2, 0.25) is 0 Å². The van der Waals surface area contributed by atoms with Crippen LogP contribution in [-0.2, 0) is 16.6 Å². The van der Waals surface area contributed by atoms with Crippen molar-refractivity contribution in [2.75, 3.05) is 6.54 Å². The lowest BCUT2D eigenvalue weighted by atomic mass is 10.0. The first kappa shape index (κ1) is 17.4. The molecule has 1 aromatic heterocycles. The zero-order valence-corrected chi connectivity index (χ0v) is 15.1. The molecule has 0 bridgehead atoms. The minimum absolute atomic E-state index is 0.0500. The van der Waals surface area contributed by atoms with Gasteiger partial charge in [0.25, 0.3) is 5.69 Å². The molecule has 0 amide bonds. The molecule has 0 radical (unpaired) electrons. The van der Waals surface area contributed by atoms with Crippen LogP contribution >= 0.6 is 0 Å². The molecule has 0 aliphatic carbocycles. The maximum absolute atomic E-state index is 13.3. The molecule has 0 fully saturated rings. The molecule has 0 saturated heterocycles. The lowest BCUT2D eigenvalue weighted by molar-refractivity contribution is -0.384. The number of hydrogen-bond acceptors (Lipinski definition) is 4. The van der Waals surface area contributed by atoms with Gasteiger partial charge in [-0.3, -0.25) is 10.1 Å². The fourth-order valence-corrected chi connectivity index (χ4v) is 5.05. The van der Waals surface area contributed by atoms with Crippen LogP contribution in [-0.4, -0.2) is 28.8 Å². The van der Waals surface area contributed by atoms with E-state index in [9.17, 15) is 18.5 Å². The molecule has 0 N–H and O–H groups in total. The summed E-state index contributed by atoms with van der Waals surface area (Å²) in [5.74, 6) is 0. The smallest absolute Gasteiger partial charge is 0.269 e. The van der Waals surface area contributed by atoms with E-state index in [2.05, 4.69) is 4.57 Å². The Morgan fingerprint density at radius 3 is 2.30 bits per heavy atom. The monoisotopic (exact) mass is 383 g/mol. The van der Waals surface area contributed by atoms with E-state index in [0.29, 0.717) is 13.1 Å². The molecule has 0 unspecified atom stereocenters. The van der Waals surface area contributed by atoms with Crippen molar-refractivity contribution in [2.24, 2.45) is 0 Å². The standard InChI is InChI=1S/C19H17N3O4S/c23-22(24)16-8-10-17(11-9-16)27(25,26)21-14-13-20-12-4-7-18(20)19(21)15-5-2-1-3-6-15/h1-12,19H,13-14H2/t19-/m1/s1. The van der Waals surface area contributed by atoms with Crippen molar-refractivity contribution in [3.05, 3.63) is 94.3 Å². The largest absolute Gasteiger partial charge is 0.348 e. The highest BCUT2D eigenvalue weighted by atomic mass is 32.2. The molecule has 3 aromatic rings. The Bertz CT molecular complexity index is 1080. The normalized spacial score (nSPS) is 17.4. The van der Waals surface area contributed by atoms with Crippen molar-refractivity contribution in [1.82, 2.24) is 8.87 Å². The van der Waals surface area contributed by atoms with Crippen molar-refractivity contribution >= 4 is 15.7 Å². The summed E-state index contributed by atoms with van der Waals surface area (Å²) < 4.78 is 30.2. The highest BCUT2D eigenvalue weighted by Gasteiger charge is 2.37. The van der Waals surface area contributed by atoms with Gasteiger partial charge in [-0.05, 0) is 29.8 Å². The number of fused-ring (bicyclic) bond motifs is 1. The van der Waals surface area contributed by atoms with Crippen LogP contribution in [0.15, 0.2) is 77.8 Å². The summed E-state index contributed by atoms with van der Waals surface area (Å²) in [6.45, 7) is 0.873. The summed E-state index contributed by atoms with van der Waals surface area (Å²) in [4.78, 5) is 10.4. The number of aromatic nitrogens is 1. The summed E-state index contributed by atoms with van der Waals surface area (Å²) in [6, 6.07) is 17.9. The van der Waals surface area contributed by atoms with Gasteiger partial charge in [0.1, 0.15) is 0 Å². The van der Waals surface area contributed by atoms with Gasteiger partial charge in [-0.25, -0.2) is 8.42 Å². The van der Waals surface area contributed by atoms with Crippen LogP contribution < -0.4 is 0 Å². The molecular formula is C19H17N3O4S. The van der Waals surface area contributed by atoms with E-state index < -0.39 is 21.0 Å². The quantitative estimate of drug-likeness (QED) is 0.511. The molecule has 0 spiro atoms. The number of hydrogen-bond donors (Lipinski definition) is 0. The molecule has 7 nitrogen and oxygen atoms in total. The van der Waals surface area contributed by atoms with Crippen LogP contribution in [0.4, 0.5) is 5.69 Å². The summed E-state index contributed by atoms with van der Waals surface area (Å²) in [6.07, 6.45) is 1.95. The van der Waals surface area contributed by atoms with E-state index in [4.69, 9.17) is 0 Å². The summed E-state index contributed by atoms with van der Waals surface area (Å²) in [5, 5.41) is 10.9. The second-order valence-electron chi connectivity index (χ2n) is 6.31. The first-order valence-electron chi connectivity index (χ1n) is 8.45. The van der Waals surface area contributed by atoms with Crippen LogP contribution in [0.3, 0.4) is 0 Å². The zero-order chi connectivity index (χ0) is 19.0. The van der Waals surface area contributed by atoms with Gasteiger partial charge < -0.3 is 4.57 Å². The SMILES string of the molecule is O=[N+]([O-])c1ccc(S(=O)(=O)N2CCn3cccc3[C@H]2c2ccccc2)cc1. The Balaban J connectivity index is 1.80. The van der Waals surface area contributed by atoms with E-state index >= 15 is 0 Å². The Morgan fingerprint density at radius 2 is 1.63 bits per heavy atom. The van der Waals surface area contributed by atoms with E-state index in [-0.39, 0.29) is 10.6 Å². The molecule has 27 heavy (non-hydrogen) atoms. The number of rotatable bonds is 4. The van der Waals surface area contributed by atoms with Crippen molar-refractivity contribution in [1.29, 1.82) is 0 Å².